The first-order valence-electron chi connectivity index (χ1n) is 7.97. The van der Waals surface area contributed by atoms with E-state index < -0.39 is 0 Å². The Bertz CT molecular complexity index is 450. The number of nitrogen functional groups attached to an aromatic ring is 1. The first-order valence-corrected chi connectivity index (χ1v) is 7.97. The minimum absolute atomic E-state index is 0.346. The van der Waals surface area contributed by atoms with Crippen molar-refractivity contribution in [3.05, 3.63) is 6.07 Å². The first-order chi connectivity index (χ1) is 10.1. The van der Waals surface area contributed by atoms with Crippen LogP contribution in [0.5, 0.6) is 0 Å². The summed E-state index contributed by atoms with van der Waals surface area (Å²) in [4.78, 5) is 13.5. The number of hydrogen-bond donors (Lipinski definition) is 2. The zero-order chi connectivity index (χ0) is 15.2. The van der Waals surface area contributed by atoms with Gasteiger partial charge in [-0.15, -0.1) is 0 Å². The number of likely N-dealkylation sites (N-methyl/N-ethyl adjacent to an activating group) is 1. The Morgan fingerprint density at radius 1 is 1.33 bits per heavy atom. The number of nitrogens with zero attached hydrogens (tertiary/aromatic N) is 4. The number of nitrogens with two attached hydrogens (primary N) is 1. The summed E-state index contributed by atoms with van der Waals surface area (Å²) in [5, 5.41) is 3.30. The molecule has 2 heterocycles. The van der Waals surface area contributed by atoms with Gasteiger partial charge in [0.25, 0.3) is 0 Å². The second-order valence-electron chi connectivity index (χ2n) is 5.77. The summed E-state index contributed by atoms with van der Waals surface area (Å²) in [6.45, 7) is 8.49. The highest BCUT2D eigenvalue weighted by molar-refractivity contribution is 5.53. The van der Waals surface area contributed by atoms with Crippen LogP contribution in [0.3, 0.4) is 0 Å². The summed E-state index contributed by atoms with van der Waals surface area (Å²) < 4.78 is 0. The van der Waals surface area contributed by atoms with E-state index in [0.29, 0.717) is 12.0 Å². The first kappa shape index (κ1) is 15.8. The van der Waals surface area contributed by atoms with Crippen LogP contribution in [0, 0.1) is 0 Å². The van der Waals surface area contributed by atoms with Crippen LogP contribution >= 0.6 is 0 Å². The van der Waals surface area contributed by atoms with Crippen molar-refractivity contribution in [1.29, 1.82) is 0 Å². The van der Waals surface area contributed by atoms with Gasteiger partial charge in [0.05, 0.1) is 0 Å². The SMILES string of the molecule is CCCNc1cc(N2CCCN(C)CC2CC)nc(N)n1. The zero-order valence-electron chi connectivity index (χ0n) is 13.5. The number of nitrogens with one attached hydrogen (secondary N) is 1. The normalized spacial score (nSPS) is 20.3. The van der Waals surface area contributed by atoms with Gasteiger partial charge in [0.15, 0.2) is 0 Å². The molecule has 1 aromatic heterocycles. The Morgan fingerprint density at radius 3 is 2.86 bits per heavy atom. The van der Waals surface area contributed by atoms with Crippen LogP contribution in [0.2, 0.25) is 0 Å². The molecule has 1 unspecified atom stereocenters. The summed E-state index contributed by atoms with van der Waals surface area (Å²) in [6, 6.07) is 2.51. The Balaban J connectivity index is 2.23. The third kappa shape index (κ3) is 4.20. The lowest BCUT2D eigenvalue weighted by Crippen LogP contribution is -2.40. The van der Waals surface area contributed by atoms with E-state index in [-0.39, 0.29) is 0 Å². The molecule has 1 aromatic rings. The number of hydrogen-bond acceptors (Lipinski definition) is 6. The van der Waals surface area contributed by atoms with E-state index in [1.807, 2.05) is 6.07 Å². The van der Waals surface area contributed by atoms with E-state index in [1.165, 1.54) is 0 Å². The highest BCUT2D eigenvalue weighted by Gasteiger charge is 2.23. The highest BCUT2D eigenvalue weighted by atomic mass is 15.3. The largest absolute Gasteiger partial charge is 0.370 e. The van der Waals surface area contributed by atoms with Crippen molar-refractivity contribution < 1.29 is 0 Å². The number of anilines is 3. The monoisotopic (exact) mass is 292 g/mol. The molecule has 1 aliphatic heterocycles. The van der Waals surface area contributed by atoms with Crippen LogP contribution in [0.1, 0.15) is 33.1 Å². The summed E-state index contributed by atoms with van der Waals surface area (Å²) in [6.07, 6.45) is 3.31. The fourth-order valence-corrected chi connectivity index (χ4v) is 2.84. The van der Waals surface area contributed by atoms with E-state index in [4.69, 9.17) is 5.73 Å². The third-order valence-electron chi connectivity index (χ3n) is 3.95. The van der Waals surface area contributed by atoms with Gasteiger partial charge in [0.2, 0.25) is 5.95 Å². The van der Waals surface area contributed by atoms with Crippen molar-refractivity contribution in [3.63, 3.8) is 0 Å². The van der Waals surface area contributed by atoms with Gasteiger partial charge in [-0.3, -0.25) is 0 Å². The molecule has 1 fully saturated rings. The quantitative estimate of drug-likeness (QED) is 0.862. The molecular formula is C15H28N6. The van der Waals surface area contributed by atoms with Gasteiger partial charge in [-0.2, -0.15) is 9.97 Å². The third-order valence-corrected chi connectivity index (χ3v) is 3.95. The maximum atomic E-state index is 5.89. The Labute approximate surface area is 127 Å². The van der Waals surface area contributed by atoms with Gasteiger partial charge in [0, 0.05) is 31.7 Å². The van der Waals surface area contributed by atoms with Crippen LogP contribution in [0.25, 0.3) is 0 Å². The van der Waals surface area contributed by atoms with Gasteiger partial charge < -0.3 is 20.9 Å². The topological polar surface area (TPSA) is 70.3 Å². The minimum Gasteiger partial charge on any atom is -0.370 e. The lowest BCUT2D eigenvalue weighted by Gasteiger charge is -2.31. The molecule has 1 saturated heterocycles. The van der Waals surface area contributed by atoms with Crippen molar-refractivity contribution in [2.45, 2.75) is 39.2 Å². The van der Waals surface area contributed by atoms with Crippen molar-refractivity contribution in [2.75, 3.05) is 49.2 Å². The molecule has 3 N–H and O–H groups in total. The smallest absolute Gasteiger partial charge is 0.223 e. The predicted octanol–water partition coefficient (Wildman–Crippen LogP) is 1.80. The predicted molar refractivity (Wildman–Crippen MR) is 88.8 cm³/mol. The molecule has 1 atom stereocenters. The number of rotatable bonds is 5. The van der Waals surface area contributed by atoms with E-state index in [2.05, 4.69) is 46.0 Å². The maximum absolute atomic E-state index is 5.89. The van der Waals surface area contributed by atoms with Crippen molar-refractivity contribution in [1.82, 2.24) is 14.9 Å². The van der Waals surface area contributed by atoms with Gasteiger partial charge in [-0.25, -0.2) is 0 Å². The van der Waals surface area contributed by atoms with Crippen LogP contribution in [-0.4, -0.2) is 54.1 Å². The van der Waals surface area contributed by atoms with E-state index in [0.717, 1.165) is 57.1 Å². The Kier molecular flexibility index (Phi) is 5.61. The second-order valence-corrected chi connectivity index (χ2v) is 5.77. The molecule has 0 bridgehead atoms. The van der Waals surface area contributed by atoms with Crippen LogP contribution in [0.4, 0.5) is 17.6 Å². The Hall–Kier alpha value is -1.56. The molecule has 118 valence electrons. The molecule has 0 amide bonds. The summed E-state index contributed by atoms with van der Waals surface area (Å²) in [7, 11) is 2.19. The van der Waals surface area contributed by atoms with E-state index in [9.17, 15) is 0 Å². The molecule has 0 aromatic carbocycles. The van der Waals surface area contributed by atoms with Crippen LogP contribution < -0.4 is 16.0 Å². The lowest BCUT2D eigenvalue weighted by molar-refractivity contribution is 0.327. The summed E-state index contributed by atoms with van der Waals surface area (Å²) in [5.74, 6) is 2.12. The van der Waals surface area contributed by atoms with Gasteiger partial charge >= 0.3 is 0 Å². The zero-order valence-corrected chi connectivity index (χ0v) is 13.5. The van der Waals surface area contributed by atoms with E-state index >= 15 is 0 Å². The fraction of sp³-hybridized carbons (Fsp3) is 0.733. The molecule has 0 radical (unpaired) electrons. The highest BCUT2D eigenvalue weighted by Crippen LogP contribution is 2.23. The van der Waals surface area contributed by atoms with Crippen molar-refractivity contribution in [2.24, 2.45) is 0 Å². The summed E-state index contributed by atoms with van der Waals surface area (Å²) >= 11 is 0. The molecule has 1 aliphatic rings. The maximum Gasteiger partial charge on any atom is 0.223 e. The van der Waals surface area contributed by atoms with E-state index in [1.54, 1.807) is 0 Å². The van der Waals surface area contributed by atoms with Crippen LogP contribution in [0.15, 0.2) is 6.07 Å². The van der Waals surface area contributed by atoms with Crippen LogP contribution in [-0.2, 0) is 0 Å². The molecule has 2 rings (SSSR count). The molecule has 21 heavy (non-hydrogen) atoms. The average Bonchev–Trinajstić information content (AvgIpc) is 2.65. The lowest BCUT2D eigenvalue weighted by atomic mass is 10.2. The average molecular weight is 292 g/mol. The fourth-order valence-electron chi connectivity index (χ4n) is 2.84. The molecule has 6 heteroatoms. The molecule has 0 spiro atoms. The molecule has 0 saturated carbocycles. The van der Waals surface area contributed by atoms with Gasteiger partial charge in [0.1, 0.15) is 11.6 Å². The Morgan fingerprint density at radius 2 is 2.14 bits per heavy atom. The summed E-state index contributed by atoms with van der Waals surface area (Å²) in [5.41, 5.74) is 5.89. The molecule has 0 aliphatic carbocycles. The van der Waals surface area contributed by atoms with Gasteiger partial charge in [-0.1, -0.05) is 13.8 Å². The number of aromatic nitrogens is 2. The van der Waals surface area contributed by atoms with Crippen molar-refractivity contribution >= 4 is 17.6 Å². The minimum atomic E-state index is 0.346. The standard InChI is InChI=1S/C15H28N6/c1-4-7-17-13-10-14(19-15(16)18-13)21-9-6-8-20(3)11-12(21)5-2/h10,12H,4-9,11H2,1-3H3,(H3,16,17,18,19). The second kappa shape index (κ2) is 7.45. The van der Waals surface area contributed by atoms with Gasteiger partial charge in [-0.05, 0) is 32.9 Å². The molecular weight excluding hydrogens is 264 g/mol. The van der Waals surface area contributed by atoms with Crippen molar-refractivity contribution in [3.8, 4) is 0 Å². The molecule has 6 nitrogen and oxygen atoms in total.